The first kappa shape index (κ1) is 13.6. The van der Waals surface area contributed by atoms with Gasteiger partial charge in [-0.15, -0.1) is 0 Å². The number of nitro benzene ring substituents is 1. The standard InChI is InChI=1S/C11H6BrClN2O4/c12-8-5-6(15(17)18)1-2-9(8)14-11(16)7-3-4-19-10(7)13/h1-5H,(H,14,16). The SMILES string of the molecule is O=C(Nc1ccc([N+](=O)[O-])cc1Br)c1ccoc1Cl. The molecule has 0 saturated heterocycles. The van der Waals surface area contributed by atoms with E-state index in [0.717, 1.165) is 0 Å². The molecule has 0 atom stereocenters. The molecule has 2 aromatic rings. The Bertz CT molecular complexity index is 656. The smallest absolute Gasteiger partial charge is 0.270 e. The second-order valence-electron chi connectivity index (χ2n) is 3.48. The van der Waals surface area contributed by atoms with Gasteiger partial charge in [-0.2, -0.15) is 0 Å². The monoisotopic (exact) mass is 344 g/mol. The minimum Gasteiger partial charge on any atom is -0.452 e. The van der Waals surface area contributed by atoms with Crippen LogP contribution in [-0.4, -0.2) is 10.8 Å². The fourth-order valence-electron chi connectivity index (χ4n) is 1.36. The van der Waals surface area contributed by atoms with Crippen LogP contribution in [0.5, 0.6) is 0 Å². The van der Waals surface area contributed by atoms with Crippen LogP contribution in [0.2, 0.25) is 5.22 Å². The molecule has 8 heteroatoms. The maximum Gasteiger partial charge on any atom is 0.270 e. The fraction of sp³-hybridized carbons (Fsp3) is 0. The van der Waals surface area contributed by atoms with E-state index in [2.05, 4.69) is 21.2 Å². The second kappa shape index (κ2) is 5.41. The number of carbonyl (C=O) groups excluding carboxylic acids is 1. The summed E-state index contributed by atoms with van der Waals surface area (Å²) in [5.41, 5.74) is 0.506. The Hall–Kier alpha value is -1.86. The number of amides is 1. The Balaban J connectivity index is 2.23. The van der Waals surface area contributed by atoms with Crippen molar-refractivity contribution >= 4 is 44.8 Å². The Morgan fingerprint density at radius 2 is 2.16 bits per heavy atom. The van der Waals surface area contributed by atoms with Gasteiger partial charge >= 0.3 is 0 Å². The number of carbonyl (C=O) groups is 1. The van der Waals surface area contributed by atoms with E-state index in [1.807, 2.05) is 0 Å². The highest BCUT2D eigenvalue weighted by molar-refractivity contribution is 9.10. The third kappa shape index (κ3) is 2.94. The summed E-state index contributed by atoms with van der Waals surface area (Å²) >= 11 is 8.83. The van der Waals surface area contributed by atoms with Gasteiger partial charge in [-0.1, -0.05) is 0 Å². The van der Waals surface area contributed by atoms with Gasteiger partial charge in [0.1, 0.15) is 0 Å². The summed E-state index contributed by atoms with van der Waals surface area (Å²) in [6.45, 7) is 0. The van der Waals surface area contributed by atoms with Crippen LogP contribution < -0.4 is 5.32 Å². The van der Waals surface area contributed by atoms with Gasteiger partial charge in [-0.3, -0.25) is 14.9 Å². The van der Waals surface area contributed by atoms with Crippen LogP contribution in [0.25, 0.3) is 0 Å². The van der Waals surface area contributed by atoms with Crippen LogP contribution in [0, 0.1) is 10.1 Å². The quantitative estimate of drug-likeness (QED) is 0.676. The number of furan rings is 1. The molecule has 0 radical (unpaired) electrons. The van der Waals surface area contributed by atoms with E-state index in [-0.39, 0.29) is 16.5 Å². The Morgan fingerprint density at radius 1 is 1.42 bits per heavy atom. The van der Waals surface area contributed by atoms with Crippen LogP contribution in [0.4, 0.5) is 11.4 Å². The topological polar surface area (TPSA) is 85.4 Å². The number of nitrogens with zero attached hydrogens (tertiary/aromatic N) is 1. The minimum absolute atomic E-state index is 0.0180. The lowest BCUT2D eigenvalue weighted by molar-refractivity contribution is -0.384. The number of hydrogen-bond acceptors (Lipinski definition) is 4. The molecule has 1 N–H and O–H groups in total. The number of nitrogens with one attached hydrogen (secondary N) is 1. The summed E-state index contributed by atoms with van der Waals surface area (Å²) in [5, 5.41) is 13.1. The predicted molar refractivity (Wildman–Crippen MR) is 72.5 cm³/mol. The third-order valence-electron chi connectivity index (χ3n) is 2.27. The van der Waals surface area contributed by atoms with Crippen molar-refractivity contribution in [3.8, 4) is 0 Å². The summed E-state index contributed by atoms with van der Waals surface area (Å²) < 4.78 is 5.21. The molecule has 0 aliphatic rings. The van der Waals surface area contributed by atoms with Crippen LogP contribution >= 0.6 is 27.5 Å². The number of anilines is 1. The van der Waals surface area contributed by atoms with Gasteiger partial charge < -0.3 is 9.73 Å². The maximum absolute atomic E-state index is 11.9. The van der Waals surface area contributed by atoms with E-state index in [4.69, 9.17) is 16.0 Å². The third-order valence-corrected chi connectivity index (χ3v) is 3.22. The van der Waals surface area contributed by atoms with Crippen LogP contribution in [0.15, 0.2) is 39.4 Å². The summed E-state index contributed by atoms with van der Waals surface area (Å²) in [6, 6.07) is 5.44. The Labute approximate surface area is 120 Å². The summed E-state index contributed by atoms with van der Waals surface area (Å²) in [5.74, 6) is -0.465. The minimum atomic E-state index is -0.524. The zero-order valence-corrected chi connectivity index (χ0v) is 11.6. The molecule has 19 heavy (non-hydrogen) atoms. The van der Waals surface area contributed by atoms with Crippen molar-refractivity contribution < 1.29 is 14.1 Å². The van der Waals surface area contributed by atoms with Crippen molar-refractivity contribution in [2.45, 2.75) is 0 Å². The van der Waals surface area contributed by atoms with Crippen molar-refractivity contribution in [3.63, 3.8) is 0 Å². The van der Waals surface area contributed by atoms with Crippen LogP contribution in [0.3, 0.4) is 0 Å². The average molecular weight is 346 g/mol. The molecule has 0 unspecified atom stereocenters. The molecule has 0 saturated carbocycles. The molecule has 1 aromatic carbocycles. The lowest BCUT2D eigenvalue weighted by atomic mass is 10.2. The molecule has 6 nitrogen and oxygen atoms in total. The number of benzene rings is 1. The van der Waals surface area contributed by atoms with Gasteiger partial charge in [-0.25, -0.2) is 0 Å². The largest absolute Gasteiger partial charge is 0.452 e. The van der Waals surface area contributed by atoms with Crippen molar-refractivity contribution in [1.29, 1.82) is 0 Å². The van der Waals surface area contributed by atoms with Gasteiger partial charge in [-0.05, 0) is 39.7 Å². The van der Waals surface area contributed by atoms with Gasteiger partial charge in [0, 0.05) is 16.6 Å². The first-order chi connectivity index (χ1) is 8.99. The molecule has 1 aromatic heterocycles. The number of rotatable bonds is 3. The summed E-state index contributed by atoms with van der Waals surface area (Å²) in [4.78, 5) is 21.9. The van der Waals surface area contributed by atoms with Crippen molar-refractivity contribution in [1.82, 2.24) is 0 Å². The summed E-state index contributed by atoms with van der Waals surface area (Å²) in [7, 11) is 0. The number of nitro groups is 1. The zero-order chi connectivity index (χ0) is 14.0. The normalized spacial score (nSPS) is 10.2. The lowest BCUT2D eigenvalue weighted by Crippen LogP contribution is -2.11. The molecule has 98 valence electrons. The molecular weight excluding hydrogens is 339 g/mol. The molecule has 0 spiro atoms. The fourth-order valence-corrected chi connectivity index (χ4v) is 2.03. The van der Waals surface area contributed by atoms with Crippen molar-refractivity contribution in [2.24, 2.45) is 0 Å². The van der Waals surface area contributed by atoms with E-state index in [9.17, 15) is 14.9 Å². The van der Waals surface area contributed by atoms with E-state index in [1.54, 1.807) is 0 Å². The molecule has 0 fully saturated rings. The van der Waals surface area contributed by atoms with Gasteiger partial charge in [0.2, 0.25) is 5.22 Å². The van der Waals surface area contributed by atoms with Gasteiger partial charge in [0.15, 0.2) is 0 Å². The number of halogens is 2. The summed E-state index contributed by atoms with van der Waals surface area (Å²) in [6.07, 6.45) is 1.29. The highest BCUT2D eigenvalue weighted by atomic mass is 79.9. The zero-order valence-electron chi connectivity index (χ0n) is 9.22. The predicted octanol–water partition coefficient (Wildman–Crippen LogP) is 3.86. The van der Waals surface area contributed by atoms with E-state index < -0.39 is 10.8 Å². The number of hydrogen-bond donors (Lipinski definition) is 1. The van der Waals surface area contributed by atoms with Gasteiger partial charge in [0.25, 0.3) is 11.6 Å². The molecule has 0 aliphatic carbocycles. The van der Waals surface area contributed by atoms with Gasteiger partial charge in [0.05, 0.1) is 22.4 Å². The van der Waals surface area contributed by atoms with E-state index >= 15 is 0 Å². The maximum atomic E-state index is 11.9. The first-order valence-corrected chi connectivity index (χ1v) is 6.14. The first-order valence-electron chi connectivity index (χ1n) is 4.97. The van der Waals surface area contributed by atoms with Crippen molar-refractivity contribution in [2.75, 3.05) is 5.32 Å². The molecule has 1 amide bonds. The molecule has 1 heterocycles. The Kier molecular flexibility index (Phi) is 3.87. The molecule has 2 rings (SSSR count). The van der Waals surface area contributed by atoms with Crippen LogP contribution in [0.1, 0.15) is 10.4 Å². The highest BCUT2D eigenvalue weighted by Gasteiger charge is 2.15. The lowest BCUT2D eigenvalue weighted by Gasteiger charge is -2.06. The van der Waals surface area contributed by atoms with E-state index in [1.165, 1.54) is 30.5 Å². The molecule has 0 bridgehead atoms. The van der Waals surface area contributed by atoms with E-state index in [0.29, 0.717) is 10.2 Å². The number of non-ortho nitro benzene ring substituents is 1. The van der Waals surface area contributed by atoms with Crippen LogP contribution in [-0.2, 0) is 0 Å². The molecule has 0 aliphatic heterocycles. The molecular formula is C11H6BrClN2O4. The second-order valence-corrected chi connectivity index (χ2v) is 4.68. The highest BCUT2D eigenvalue weighted by Crippen LogP contribution is 2.28. The Morgan fingerprint density at radius 3 is 2.68 bits per heavy atom. The van der Waals surface area contributed by atoms with Crippen molar-refractivity contribution in [3.05, 3.63) is 55.9 Å². The average Bonchev–Trinajstić information content (AvgIpc) is 2.77.